The van der Waals surface area contributed by atoms with Crippen molar-refractivity contribution < 1.29 is 13.9 Å². The predicted molar refractivity (Wildman–Crippen MR) is 127 cm³/mol. The third-order valence-electron chi connectivity index (χ3n) is 6.02. The summed E-state index contributed by atoms with van der Waals surface area (Å²) in [5.74, 6) is 1.05. The Morgan fingerprint density at radius 2 is 1.62 bits per heavy atom. The first kappa shape index (κ1) is 23.0. The van der Waals surface area contributed by atoms with Crippen molar-refractivity contribution in [2.24, 2.45) is 5.73 Å². The highest BCUT2D eigenvalue weighted by atomic mass is 19.1. The second kappa shape index (κ2) is 9.78. The molecular weight excluding hydrogens is 433 g/mol. The van der Waals surface area contributed by atoms with Crippen LogP contribution in [0, 0.1) is 28.5 Å². The molecule has 1 aliphatic heterocycles. The van der Waals surface area contributed by atoms with E-state index in [4.69, 9.17) is 25.5 Å². The van der Waals surface area contributed by atoms with Gasteiger partial charge in [-0.15, -0.1) is 0 Å². The lowest BCUT2D eigenvalue weighted by atomic mass is 9.95. The van der Waals surface area contributed by atoms with E-state index in [0.29, 0.717) is 45.3 Å². The number of nitrogens with zero attached hydrogens (tertiary/aromatic N) is 4. The molecule has 2 heterocycles. The molecule has 0 radical (unpaired) electrons. The molecule has 0 atom stereocenters. The number of nitriles is 2. The fraction of sp³-hybridized carbons (Fsp3) is 0.269. The van der Waals surface area contributed by atoms with Crippen LogP contribution in [0.15, 0.2) is 42.5 Å². The highest BCUT2D eigenvalue weighted by Crippen LogP contribution is 2.42. The summed E-state index contributed by atoms with van der Waals surface area (Å²) in [4.78, 5) is 7.05. The number of nitrogens with two attached hydrogens (primary N) is 1. The number of hydrogen-bond acceptors (Lipinski definition) is 7. The van der Waals surface area contributed by atoms with Gasteiger partial charge >= 0.3 is 0 Å². The van der Waals surface area contributed by atoms with E-state index in [9.17, 15) is 9.65 Å². The van der Waals surface area contributed by atoms with E-state index in [1.807, 2.05) is 18.2 Å². The van der Waals surface area contributed by atoms with Crippen molar-refractivity contribution in [1.82, 2.24) is 4.98 Å². The van der Waals surface area contributed by atoms with Gasteiger partial charge in [0.2, 0.25) is 0 Å². The fourth-order valence-corrected chi connectivity index (χ4v) is 4.15. The molecular formula is C26H24FN5O2. The van der Waals surface area contributed by atoms with Crippen LogP contribution >= 0.6 is 0 Å². The first-order valence-corrected chi connectivity index (χ1v) is 10.9. The van der Waals surface area contributed by atoms with Crippen molar-refractivity contribution in [1.29, 1.82) is 10.5 Å². The number of aromatic nitrogens is 1. The Labute approximate surface area is 197 Å². The lowest BCUT2D eigenvalue weighted by Crippen LogP contribution is -2.40. The number of piperidine rings is 1. The highest BCUT2D eigenvalue weighted by Gasteiger charge is 2.23. The summed E-state index contributed by atoms with van der Waals surface area (Å²) in [5.41, 5.74) is 8.65. The minimum Gasteiger partial charge on any atom is -0.496 e. The summed E-state index contributed by atoms with van der Waals surface area (Å²) in [5, 5.41) is 18.7. The molecule has 1 aliphatic rings. The van der Waals surface area contributed by atoms with Crippen LogP contribution in [-0.4, -0.2) is 38.3 Å². The van der Waals surface area contributed by atoms with Crippen LogP contribution in [0.25, 0.3) is 22.4 Å². The molecule has 0 unspecified atom stereocenters. The van der Waals surface area contributed by atoms with E-state index in [1.165, 1.54) is 19.2 Å². The van der Waals surface area contributed by atoms with Gasteiger partial charge in [0, 0.05) is 30.8 Å². The van der Waals surface area contributed by atoms with Gasteiger partial charge in [0.05, 0.1) is 36.6 Å². The van der Waals surface area contributed by atoms with E-state index in [2.05, 4.69) is 11.0 Å². The summed E-state index contributed by atoms with van der Waals surface area (Å²) in [6.45, 7) is 1.50. The van der Waals surface area contributed by atoms with E-state index in [1.54, 1.807) is 25.3 Å². The first-order valence-electron chi connectivity index (χ1n) is 10.9. The maximum atomic E-state index is 14.6. The van der Waals surface area contributed by atoms with Crippen LogP contribution in [-0.2, 0) is 0 Å². The molecule has 2 N–H and O–H groups in total. The van der Waals surface area contributed by atoms with Gasteiger partial charge in [0.15, 0.2) is 0 Å². The van der Waals surface area contributed by atoms with Crippen LogP contribution in [0.1, 0.15) is 24.0 Å². The summed E-state index contributed by atoms with van der Waals surface area (Å²) in [6, 6.07) is 15.6. The number of hydrogen-bond donors (Lipinski definition) is 1. The third kappa shape index (κ3) is 4.36. The fourth-order valence-electron chi connectivity index (χ4n) is 4.15. The van der Waals surface area contributed by atoms with Crippen molar-refractivity contribution in [2.75, 3.05) is 32.2 Å². The average molecular weight is 458 g/mol. The van der Waals surface area contributed by atoms with Crippen molar-refractivity contribution >= 4 is 5.82 Å². The smallest absolute Gasteiger partial charge is 0.141 e. The molecule has 1 saturated heterocycles. The predicted octanol–water partition coefficient (Wildman–Crippen LogP) is 4.24. The Morgan fingerprint density at radius 1 is 0.941 bits per heavy atom. The summed E-state index contributed by atoms with van der Waals surface area (Å²) in [7, 11) is 3.06. The van der Waals surface area contributed by atoms with Crippen molar-refractivity contribution in [3.05, 3.63) is 59.4 Å². The topological polar surface area (TPSA) is 108 Å². The molecule has 0 saturated carbocycles. The normalized spacial score (nSPS) is 13.8. The van der Waals surface area contributed by atoms with Crippen molar-refractivity contribution in [3.8, 4) is 46.0 Å². The molecule has 4 rings (SSSR count). The number of halogens is 1. The Balaban J connectivity index is 1.95. The van der Waals surface area contributed by atoms with Crippen LogP contribution in [0.2, 0.25) is 0 Å². The van der Waals surface area contributed by atoms with Crippen LogP contribution < -0.4 is 20.1 Å². The molecule has 172 valence electrons. The lowest BCUT2D eigenvalue weighted by molar-refractivity contribution is 0.413. The number of methoxy groups -OCH3 is 2. The molecule has 0 aliphatic carbocycles. The second-order valence-electron chi connectivity index (χ2n) is 8.06. The Bertz CT molecular complexity index is 1300. The summed E-state index contributed by atoms with van der Waals surface area (Å²) in [6.07, 6.45) is 1.69. The Kier molecular flexibility index (Phi) is 6.62. The molecule has 2 aromatic carbocycles. The zero-order valence-electron chi connectivity index (χ0n) is 19.0. The van der Waals surface area contributed by atoms with E-state index < -0.39 is 5.82 Å². The SMILES string of the molecule is COc1ccc(-c2c(OC)cc(N3CCC(N)CC3)nc2-c2ccc(C#N)c(F)c2)cc1C#N. The van der Waals surface area contributed by atoms with Gasteiger partial charge in [-0.05, 0) is 42.7 Å². The van der Waals surface area contributed by atoms with Gasteiger partial charge in [-0.3, -0.25) is 0 Å². The molecule has 0 amide bonds. The second-order valence-corrected chi connectivity index (χ2v) is 8.06. The number of pyridine rings is 1. The number of ether oxygens (including phenoxy) is 2. The molecule has 1 fully saturated rings. The van der Waals surface area contributed by atoms with Gasteiger partial charge in [0.1, 0.15) is 35.3 Å². The quantitative estimate of drug-likeness (QED) is 0.610. The van der Waals surface area contributed by atoms with Crippen LogP contribution in [0.4, 0.5) is 10.2 Å². The maximum Gasteiger partial charge on any atom is 0.141 e. The van der Waals surface area contributed by atoms with Crippen LogP contribution in [0.5, 0.6) is 11.5 Å². The van der Waals surface area contributed by atoms with Gasteiger partial charge < -0.3 is 20.1 Å². The van der Waals surface area contributed by atoms with Gasteiger partial charge in [0.25, 0.3) is 0 Å². The number of anilines is 1. The molecule has 1 aromatic heterocycles. The molecule has 7 nitrogen and oxygen atoms in total. The lowest BCUT2D eigenvalue weighted by Gasteiger charge is -2.32. The van der Waals surface area contributed by atoms with Crippen molar-refractivity contribution in [3.63, 3.8) is 0 Å². The Hall–Kier alpha value is -4.14. The van der Waals surface area contributed by atoms with E-state index >= 15 is 0 Å². The van der Waals surface area contributed by atoms with Gasteiger partial charge in [-0.25, -0.2) is 9.37 Å². The highest BCUT2D eigenvalue weighted by molar-refractivity contribution is 5.87. The first-order chi connectivity index (χ1) is 16.5. The molecule has 8 heteroatoms. The largest absolute Gasteiger partial charge is 0.496 e. The average Bonchev–Trinajstić information content (AvgIpc) is 2.87. The molecule has 34 heavy (non-hydrogen) atoms. The van der Waals surface area contributed by atoms with Crippen LogP contribution in [0.3, 0.4) is 0 Å². The zero-order valence-corrected chi connectivity index (χ0v) is 19.0. The van der Waals surface area contributed by atoms with E-state index in [0.717, 1.165) is 25.9 Å². The monoisotopic (exact) mass is 457 g/mol. The minimum atomic E-state index is -0.631. The third-order valence-corrected chi connectivity index (χ3v) is 6.02. The summed E-state index contributed by atoms with van der Waals surface area (Å²) >= 11 is 0. The summed E-state index contributed by atoms with van der Waals surface area (Å²) < 4.78 is 25.7. The minimum absolute atomic E-state index is 0.0466. The standard InChI is InChI=1S/C26H24FN5O2/c1-33-22-6-5-16(11-19(22)15-29)25-23(34-2)13-24(32-9-7-20(30)8-10-32)31-26(25)17-3-4-18(14-28)21(27)12-17/h3-6,11-13,20H,7-10,30H2,1-2H3. The van der Waals surface area contributed by atoms with Gasteiger partial charge in [-0.1, -0.05) is 12.1 Å². The van der Waals surface area contributed by atoms with Gasteiger partial charge in [-0.2, -0.15) is 10.5 Å². The zero-order chi connectivity index (χ0) is 24.2. The van der Waals surface area contributed by atoms with Crippen molar-refractivity contribution in [2.45, 2.75) is 18.9 Å². The van der Waals surface area contributed by atoms with E-state index in [-0.39, 0.29) is 11.6 Å². The maximum absolute atomic E-state index is 14.6. The molecule has 0 bridgehead atoms. The number of benzene rings is 2. The molecule has 0 spiro atoms. The number of rotatable bonds is 5. The Morgan fingerprint density at radius 3 is 2.24 bits per heavy atom. The molecule has 3 aromatic rings.